The second kappa shape index (κ2) is 7.15. The van der Waals surface area contributed by atoms with Gasteiger partial charge in [-0.2, -0.15) is 0 Å². The van der Waals surface area contributed by atoms with Crippen molar-refractivity contribution in [2.45, 2.75) is 27.3 Å². The van der Waals surface area contributed by atoms with Gasteiger partial charge in [0, 0.05) is 6.54 Å². The third-order valence-electron chi connectivity index (χ3n) is 2.56. The maximum Gasteiger partial charge on any atom is 0.299 e. The second-order valence-electron chi connectivity index (χ2n) is 5.02. The molecule has 0 radical (unpaired) electrons. The van der Waals surface area contributed by atoms with Crippen LogP contribution in [0.4, 0.5) is 0 Å². The molecule has 0 aliphatic heterocycles. The molecule has 0 aliphatic rings. The molecule has 0 amide bonds. The number of rotatable bonds is 6. The van der Waals surface area contributed by atoms with Crippen LogP contribution in [0.3, 0.4) is 0 Å². The smallest absolute Gasteiger partial charge is 0.299 e. The molecule has 1 aromatic heterocycles. The van der Waals surface area contributed by atoms with E-state index in [2.05, 4.69) is 45.3 Å². The van der Waals surface area contributed by atoms with Crippen molar-refractivity contribution < 1.29 is 4.74 Å². The Bertz CT molecular complexity index is 571. The summed E-state index contributed by atoms with van der Waals surface area (Å²) in [4.78, 5) is 0. The Labute approximate surface area is 131 Å². The highest BCUT2D eigenvalue weighted by atomic mass is 79.9. The van der Waals surface area contributed by atoms with Crippen LogP contribution in [0.2, 0.25) is 0 Å². The first kappa shape index (κ1) is 15.4. The van der Waals surface area contributed by atoms with Gasteiger partial charge in [-0.3, -0.25) is 0 Å². The van der Waals surface area contributed by atoms with E-state index in [1.807, 2.05) is 25.1 Å². The lowest BCUT2D eigenvalue weighted by atomic mass is 10.2. The van der Waals surface area contributed by atoms with Crippen molar-refractivity contribution in [3.63, 3.8) is 0 Å². The summed E-state index contributed by atoms with van der Waals surface area (Å²) in [6, 6.07) is 5.95. The highest BCUT2D eigenvalue weighted by molar-refractivity contribution is 9.10. The molecular weight excluding hydrogens is 338 g/mol. The number of nitrogens with zero attached hydrogens (tertiary/aromatic N) is 2. The van der Waals surface area contributed by atoms with Gasteiger partial charge in [-0.15, -0.1) is 5.10 Å². The van der Waals surface area contributed by atoms with E-state index in [0.717, 1.165) is 28.3 Å². The van der Waals surface area contributed by atoms with E-state index in [-0.39, 0.29) is 0 Å². The van der Waals surface area contributed by atoms with Crippen molar-refractivity contribution >= 4 is 27.3 Å². The molecule has 6 heteroatoms. The predicted molar refractivity (Wildman–Crippen MR) is 85.4 cm³/mol. The topological polar surface area (TPSA) is 47.0 Å². The largest absolute Gasteiger partial charge is 0.429 e. The van der Waals surface area contributed by atoms with Crippen LogP contribution >= 0.6 is 27.3 Å². The molecule has 20 heavy (non-hydrogen) atoms. The van der Waals surface area contributed by atoms with E-state index >= 15 is 0 Å². The number of aryl methyl sites for hydroxylation is 1. The van der Waals surface area contributed by atoms with Gasteiger partial charge in [-0.1, -0.05) is 36.3 Å². The summed E-state index contributed by atoms with van der Waals surface area (Å²) in [6.45, 7) is 8.10. The Hall–Kier alpha value is -0.980. The molecular formula is C14H18BrN3OS. The number of hydrogen-bond acceptors (Lipinski definition) is 5. The lowest BCUT2D eigenvalue weighted by molar-refractivity contribution is 0.470. The van der Waals surface area contributed by atoms with Crippen molar-refractivity contribution in [1.82, 2.24) is 15.5 Å². The van der Waals surface area contributed by atoms with Crippen LogP contribution < -0.4 is 10.1 Å². The zero-order chi connectivity index (χ0) is 14.5. The first-order valence-corrected chi connectivity index (χ1v) is 8.12. The first-order chi connectivity index (χ1) is 9.54. The highest BCUT2D eigenvalue weighted by Crippen LogP contribution is 2.31. The molecule has 0 saturated heterocycles. The maximum absolute atomic E-state index is 5.74. The molecule has 1 aromatic carbocycles. The van der Waals surface area contributed by atoms with Gasteiger partial charge in [-0.25, -0.2) is 0 Å². The lowest BCUT2D eigenvalue weighted by Crippen LogP contribution is -2.18. The molecule has 0 aliphatic carbocycles. The normalized spacial score (nSPS) is 11.1. The predicted octanol–water partition coefficient (Wildman–Crippen LogP) is 4.15. The summed E-state index contributed by atoms with van der Waals surface area (Å²) in [5.41, 5.74) is 1.18. The molecule has 108 valence electrons. The molecule has 2 rings (SSSR count). The molecule has 0 saturated carbocycles. The van der Waals surface area contributed by atoms with Crippen molar-refractivity contribution in [3.8, 4) is 10.9 Å². The minimum atomic E-state index is 0.566. The van der Waals surface area contributed by atoms with Crippen LogP contribution in [0.25, 0.3) is 0 Å². The first-order valence-electron chi connectivity index (χ1n) is 6.51. The maximum atomic E-state index is 5.74. The molecule has 0 spiro atoms. The van der Waals surface area contributed by atoms with Gasteiger partial charge in [-0.05, 0) is 53.0 Å². The summed E-state index contributed by atoms with van der Waals surface area (Å²) in [5.74, 6) is 1.38. The summed E-state index contributed by atoms with van der Waals surface area (Å²) in [6.07, 6.45) is 0. The minimum Gasteiger partial charge on any atom is -0.429 e. The van der Waals surface area contributed by atoms with E-state index in [1.165, 1.54) is 16.9 Å². The summed E-state index contributed by atoms with van der Waals surface area (Å²) >= 11 is 4.95. The molecule has 1 heterocycles. The van der Waals surface area contributed by atoms with Crippen LogP contribution in [-0.2, 0) is 6.54 Å². The van der Waals surface area contributed by atoms with Crippen LogP contribution in [0.1, 0.15) is 24.4 Å². The Kier molecular flexibility index (Phi) is 5.51. The van der Waals surface area contributed by atoms with Crippen molar-refractivity contribution in [3.05, 3.63) is 33.2 Å². The van der Waals surface area contributed by atoms with Crippen LogP contribution in [0.15, 0.2) is 22.7 Å². The SMILES string of the molecule is Cc1ccc(Oc2nnc(CNCC(C)C)s2)c(Br)c1. The number of aromatic nitrogens is 2. The molecule has 0 bridgehead atoms. The second-order valence-corrected chi connectivity index (χ2v) is 6.90. The van der Waals surface area contributed by atoms with E-state index < -0.39 is 0 Å². The van der Waals surface area contributed by atoms with Crippen LogP contribution in [0.5, 0.6) is 10.9 Å². The highest BCUT2D eigenvalue weighted by Gasteiger charge is 2.08. The summed E-state index contributed by atoms with van der Waals surface area (Å²) in [7, 11) is 0. The zero-order valence-electron chi connectivity index (χ0n) is 11.8. The number of halogens is 1. The Morgan fingerprint density at radius 1 is 1.35 bits per heavy atom. The van der Waals surface area contributed by atoms with Gasteiger partial charge in [0.05, 0.1) is 4.47 Å². The van der Waals surface area contributed by atoms with Gasteiger partial charge in [0.2, 0.25) is 0 Å². The van der Waals surface area contributed by atoms with Gasteiger partial charge in [0.1, 0.15) is 10.8 Å². The average molecular weight is 356 g/mol. The van der Waals surface area contributed by atoms with Crippen molar-refractivity contribution in [2.24, 2.45) is 5.92 Å². The fourth-order valence-electron chi connectivity index (χ4n) is 1.60. The van der Waals surface area contributed by atoms with Gasteiger partial charge in [0.15, 0.2) is 0 Å². The number of hydrogen-bond donors (Lipinski definition) is 1. The molecule has 1 N–H and O–H groups in total. The van der Waals surface area contributed by atoms with Crippen LogP contribution in [0, 0.1) is 12.8 Å². The quantitative estimate of drug-likeness (QED) is 0.845. The molecule has 2 aromatic rings. The molecule has 0 unspecified atom stereocenters. The summed E-state index contributed by atoms with van der Waals surface area (Å²) in [5, 5.41) is 13.0. The van der Waals surface area contributed by atoms with E-state index in [0.29, 0.717) is 11.1 Å². The Morgan fingerprint density at radius 2 is 2.15 bits per heavy atom. The fraction of sp³-hybridized carbons (Fsp3) is 0.429. The van der Waals surface area contributed by atoms with Gasteiger partial charge < -0.3 is 10.1 Å². The standard InChI is InChI=1S/C14H18BrN3OS/c1-9(2)7-16-8-13-17-18-14(20-13)19-12-5-4-10(3)6-11(12)15/h4-6,9,16H,7-8H2,1-3H3. The number of benzene rings is 1. The van der Waals surface area contributed by atoms with E-state index in [1.54, 1.807) is 0 Å². The minimum absolute atomic E-state index is 0.566. The molecule has 0 atom stereocenters. The van der Waals surface area contributed by atoms with Crippen molar-refractivity contribution in [1.29, 1.82) is 0 Å². The third kappa shape index (κ3) is 4.54. The van der Waals surface area contributed by atoms with E-state index in [9.17, 15) is 0 Å². The number of nitrogens with one attached hydrogen (secondary N) is 1. The average Bonchev–Trinajstić information content (AvgIpc) is 2.80. The van der Waals surface area contributed by atoms with Crippen molar-refractivity contribution in [2.75, 3.05) is 6.54 Å². The van der Waals surface area contributed by atoms with Gasteiger partial charge >= 0.3 is 0 Å². The monoisotopic (exact) mass is 355 g/mol. The molecule has 0 fully saturated rings. The van der Waals surface area contributed by atoms with E-state index in [4.69, 9.17) is 4.74 Å². The van der Waals surface area contributed by atoms with Crippen LogP contribution in [-0.4, -0.2) is 16.7 Å². The lowest BCUT2D eigenvalue weighted by Gasteiger charge is -2.05. The summed E-state index contributed by atoms with van der Waals surface area (Å²) < 4.78 is 6.67. The zero-order valence-corrected chi connectivity index (χ0v) is 14.2. The number of ether oxygens (including phenoxy) is 1. The Morgan fingerprint density at radius 3 is 2.85 bits per heavy atom. The Balaban J connectivity index is 1.95. The molecule has 4 nitrogen and oxygen atoms in total. The third-order valence-corrected chi connectivity index (χ3v) is 3.98. The fourth-order valence-corrected chi connectivity index (χ4v) is 2.85. The van der Waals surface area contributed by atoms with Gasteiger partial charge in [0.25, 0.3) is 5.19 Å².